The highest BCUT2D eigenvalue weighted by Crippen LogP contribution is 2.38. The molecule has 12 heavy (non-hydrogen) atoms. The molecule has 0 saturated carbocycles. The third-order valence-corrected chi connectivity index (χ3v) is 3.97. The Balaban J connectivity index is 2.10. The molecule has 0 bridgehead atoms. The van der Waals surface area contributed by atoms with E-state index in [1.165, 1.54) is 58.0 Å². The molecule has 2 heterocycles. The summed E-state index contributed by atoms with van der Waals surface area (Å²) in [4.78, 5) is 2.78. The molecule has 0 aromatic heterocycles. The monoisotopic (exact) mass is 167 g/mol. The quantitative estimate of drug-likeness (QED) is 0.580. The highest BCUT2D eigenvalue weighted by atomic mass is 15.2. The number of hydrogen-bond donors (Lipinski definition) is 0. The van der Waals surface area contributed by atoms with Gasteiger partial charge < -0.3 is 0 Å². The van der Waals surface area contributed by atoms with Crippen molar-refractivity contribution >= 4 is 0 Å². The van der Waals surface area contributed by atoms with Gasteiger partial charge in [-0.05, 0) is 45.2 Å². The van der Waals surface area contributed by atoms with E-state index in [9.17, 15) is 0 Å². The first-order valence-corrected chi connectivity index (χ1v) is 5.62. The molecule has 0 spiro atoms. The molecule has 2 fully saturated rings. The lowest BCUT2D eigenvalue weighted by Gasteiger charge is -2.50. The fraction of sp³-hybridized carbons (Fsp3) is 1.00. The highest BCUT2D eigenvalue weighted by Gasteiger charge is 2.38. The van der Waals surface area contributed by atoms with Crippen LogP contribution in [0.5, 0.6) is 0 Å². The Kier molecular flexibility index (Phi) is 2.40. The van der Waals surface area contributed by atoms with E-state index in [0.717, 1.165) is 0 Å². The third-order valence-electron chi connectivity index (χ3n) is 3.97. The topological polar surface area (TPSA) is 3.24 Å². The van der Waals surface area contributed by atoms with Crippen molar-refractivity contribution in [3.8, 4) is 0 Å². The van der Waals surface area contributed by atoms with Crippen molar-refractivity contribution in [1.82, 2.24) is 4.90 Å². The standard InChI is InChI=1S/C11H21N/c1-2-11-7-3-5-9-12(11)10-6-4-8-11/h2-10H2,1H3. The van der Waals surface area contributed by atoms with Gasteiger partial charge in [-0.25, -0.2) is 0 Å². The van der Waals surface area contributed by atoms with Crippen molar-refractivity contribution in [3.63, 3.8) is 0 Å². The molecule has 2 aliphatic heterocycles. The van der Waals surface area contributed by atoms with Crippen LogP contribution in [0.25, 0.3) is 0 Å². The van der Waals surface area contributed by atoms with Crippen LogP contribution in [0.2, 0.25) is 0 Å². The van der Waals surface area contributed by atoms with Gasteiger partial charge in [0.1, 0.15) is 0 Å². The Bertz CT molecular complexity index is 141. The van der Waals surface area contributed by atoms with Gasteiger partial charge in [0, 0.05) is 5.54 Å². The second-order valence-electron chi connectivity index (χ2n) is 4.48. The Morgan fingerprint density at radius 2 is 1.58 bits per heavy atom. The Morgan fingerprint density at radius 1 is 1.00 bits per heavy atom. The number of fused-ring (bicyclic) bond motifs is 1. The van der Waals surface area contributed by atoms with Gasteiger partial charge in [0.2, 0.25) is 0 Å². The van der Waals surface area contributed by atoms with Crippen molar-refractivity contribution in [1.29, 1.82) is 0 Å². The maximum Gasteiger partial charge on any atom is 0.0207 e. The zero-order valence-electron chi connectivity index (χ0n) is 8.31. The summed E-state index contributed by atoms with van der Waals surface area (Å²) >= 11 is 0. The molecule has 0 amide bonds. The maximum absolute atomic E-state index is 2.78. The summed E-state index contributed by atoms with van der Waals surface area (Å²) in [5.74, 6) is 0. The van der Waals surface area contributed by atoms with Crippen molar-refractivity contribution in [2.75, 3.05) is 13.1 Å². The molecule has 1 heteroatoms. The smallest absolute Gasteiger partial charge is 0.0207 e. The SMILES string of the molecule is CCC12CCCCN1CCCC2. The average molecular weight is 167 g/mol. The van der Waals surface area contributed by atoms with Crippen molar-refractivity contribution in [2.45, 2.75) is 57.4 Å². The van der Waals surface area contributed by atoms with Crippen LogP contribution in [-0.4, -0.2) is 23.5 Å². The molecule has 2 saturated heterocycles. The van der Waals surface area contributed by atoms with Gasteiger partial charge in [0.05, 0.1) is 0 Å². The number of piperidine rings is 2. The second-order valence-corrected chi connectivity index (χ2v) is 4.48. The summed E-state index contributed by atoms with van der Waals surface area (Å²) in [7, 11) is 0. The minimum Gasteiger partial charge on any atom is -0.298 e. The summed E-state index contributed by atoms with van der Waals surface area (Å²) in [5.41, 5.74) is 0.649. The minimum atomic E-state index is 0.649. The van der Waals surface area contributed by atoms with Crippen LogP contribution >= 0.6 is 0 Å². The zero-order chi connectivity index (χ0) is 8.44. The van der Waals surface area contributed by atoms with Crippen molar-refractivity contribution < 1.29 is 0 Å². The van der Waals surface area contributed by atoms with Crippen LogP contribution in [0.15, 0.2) is 0 Å². The molecule has 0 aliphatic carbocycles. The van der Waals surface area contributed by atoms with Crippen LogP contribution in [-0.2, 0) is 0 Å². The van der Waals surface area contributed by atoms with E-state index < -0.39 is 0 Å². The van der Waals surface area contributed by atoms with Gasteiger partial charge in [-0.1, -0.05) is 19.8 Å². The molecule has 0 N–H and O–H groups in total. The lowest BCUT2D eigenvalue weighted by Crippen LogP contribution is -2.53. The normalized spacial score (nSPS) is 29.8. The summed E-state index contributed by atoms with van der Waals surface area (Å²) in [6.07, 6.45) is 10.2. The van der Waals surface area contributed by atoms with Gasteiger partial charge >= 0.3 is 0 Å². The van der Waals surface area contributed by atoms with E-state index in [2.05, 4.69) is 11.8 Å². The average Bonchev–Trinajstić information content (AvgIpc) is 2.18. The lowest BCUT2D eigenvalue weighted by molar-refractivity contribution is 0.00891. The molecule has 0 atom stereocenters. The summed E-state index contributed by atoms with van der Waals surface area (Å²) in [6, 6.07) is 0. The maximum atomic E-state index is 2.78. The Hall–Kier alpha value is -0.0400. The van der Waals surface area contributed by atoms with E-state index >= 15 is 0 Å². The summed E-state index contributed by atoms with van der Waals surface area (Å²) in [6.45, 7) is 5.14. The molecular formula is C11H21N. The molecule has 1 nitrogen and oxygen atoms in total. The predicted octanol–water partition coefficient (Wildman–Crippen LogP) is 2.81. The fourth-order valence-electron chi connectivity index (χ4n) is 3.12. The molecule has 0 aromatic rings. The molecular weight excluding hydrogens is 146 g/mol. The fourth-order valence-corrected chi connectivity index (χ4v) is 3.12. The van der Waals surface area contributed by atoms with Crippen LogP contribution in [0.1, 0.15) is 51.9 Å². The van der Waals surface area contributed by atoms with Gasteiger partial charge in [0.15, 0.2) is 0 Å². The van der Waals surface area contributed by atoms with Gasteiger partial charge in [-0.2, -0.15) is 0 Å². The minimum absolute atomic E-state index is 0.649. The molecule has 2 rings (SSSR count). The van der Waals surface area contributed by atoms with E-state index in [1.54, 1.807) is 0 Å². The van der Waals surface area contributed by atoms with E-state index in [-0.39, 0.29) is 0 Å². The molecule has 0 radical (unpaired) electrons. The van der Waals surface area contributed by atoms with Crippen LogP contribution in [0.3, 0.4) is 0 Å². The van der Waals surface area contributed by atoms with E-state index in [1.807, 2.05) is 0 Å². The van der Waals surface area contributed by atoms with Gasteiger partial charge in [-0.15, -0.1) is 0 Å². The van der Waals surface area contributed by atoms with E-state index in [0.29, 0.717) is 5.54 Å². The molecule has 70 valence electrons. The summed E-state index contributed by atoms with van der Waals surface area (Å²) < 4.78 is 0. The van der Waals surface area contributed by atoms with E-state index in [4.69, 9.17) is 0 Å². The van der Waals surface area contributed by atoms with Gasteiger partial charge in [0.25, 0.3) is 0 Å². The molecule has 0 aromatic carbocycles. The first-order valence-electron chi connectivity index (χ1n) is 5.62. The number of rotatable bonds is 1. The largest absolute Gasteiger partial charge is 0.298 e. The zero-order valence-corrected chi connectivity index (χ0v) is 8.31. The van der Waals surface area contributed by atoms with Crippen LogP contribution in [0, 0.1) is 0 Å². The predicted molar refractivity (Wildman–Crippen MR) is 52.3 cm³/mol. The first-order chi connectivity index (χ1) is 5.87. The Morgan fingerprint density at radius 3 is 2.00 bits per heavy atom. The number of hydrogen-bond acceptors (Lipinski definition) is 1. The van der Waals surface area contributed by atoms with Crippen molar-refractivity contribution in [2.24, 2.45) is 0 Å². The molecule has 0 unspecified atom stereocenters. The lowest BCUT2D eigenvalue weighted by atomic mass is 9.77. The number of nitrogens with zero attached hydrogens (tertiary/aromatic N) is 1. The van der Waals surface area contributed by atoms with Crippen LogP contribution in [0.4, 0.5) is 0 Å². The van der Waals surface area contributed by atoms with Crippen molar-refractivity contribution in [3.05, 3.63) is 0 Å². The van der Waals surface area contributed by atoms with Crippen LogP contribution < -0.4 is 0 Å². The molecule has 2 aliphatic rings. The second kappa shape index (κ2) is 3.37. The Labute approximate surface area is 76.1 Å². The summed E-state index contributed by atoms with van der Waals surface area (Å²) in [5, 5.41) is 0. The first kappa shape index (κ1) is 8.55. The van der Waals surface area contributed by atoms with Gasteiger partial charge in [-0.3, -0.25) is 4.90 Å². The third kappa shape index (κ3) is 1.28. The highest BCUT2D eigenvalue weighted by molar-refractivity contribution is 4.94.